The molecule has 0 aliphatic carbocycles. The molecule has 1 aliphatic rings. The Hall–Kier alpha value is -1.89. The van der Waals surface area contributed by atoms with E-state index < -0.39 is 0 Å². The van der Waals surface area contributed by atoms with E-state index >= 15 is 0 Å². The molecule has 0 spiro atoms. The van der Waals surface area contributed by atoms with Gasteiger partial charge < -0.3 is 4.74 Å². The van der Waals surface area contributed by atoms with Crippen LogP contribution in [0.4, 0.5) is 0 Å². The molecule has 1 aliphatic heterocycles. The average molecular weight is 427 g/mol. The third kappa shape index (κ3) is 4.20. The van der Waals surface area contributed by atoms with E-state index in [0.29, 0.717) is 19.1 Å². The highest BCUT2D eigenvalue weighted by atomic mass is 32.2. The first kappa shape index (κ1) is 20.4. The van der Waals surface area contributed by atoms with E-state index in [4.69, 9.17) is 9.72 Å². The lowest BCUT2D eigenvalue weighted by Gasteiger charge is -2.26. The van der Waals surface area contributed by atoms with Gasteiger partial charge in [-0.05, 0) is 23.5 Å². The van der Waals surface area contributed by atoms with Gasteiger partial charge in [-0.1, -0.05) is 62.0 Å². The summed E-state index contributed by atoms with van der Waals surface area (Å²) in [6, 6.07) is 10.4. The number of hydrogen-bond donors (Lipinski definition) is 0. The number of nitrogens with zero attached hydrogens (tertiary/aromatic N) is 2. The zero-order valence-corrected chi connectivity index (χ0v) is 18.5. The summed E-state index contributed by atoms with van der Waals surface area (Å²) in [6.07, 6.45) is 3.67. The van der Waals surface area contributed by atoms with Crippen molar-refractivity contribution in [2.24, 2.45) is 5.92 Å². The lowest BCUT2D eigenvalue weighted by molar-refractivity contribution is 0.00200. The lowest BCUT2D eigenvalue weighted by atomic mass is 9.96. The maximum Gasteiger partial charge on any atom is 0.263 e. The maximum absolute atomic E-state index is 13.4. The molecule has 0 N–H and O–H groups in total. The summed E-state index contributed by atoms with van der Waals surface area (Å²) < 4.78 is 7.79. The molecule has 0 saturated heterocycles. The summed E-state index contributed by atoms with van der Waals surface area (Å²) in [5.41, 5.74) is 2.49. The van der Waals surface area contributed by atoms with Gasteiger partial charge in [0.1, 0.15) is 4.83 Å². The number of aryl methyl sites for hydroxylation is 1. The predicted molar refractivity (Wildman–Crippen MR) is 122 cm³/mol. The summed E-state index contributed by atoms with van der Waals surface area (Å²) in [4.78, 5) is 20.3. The molecule has 2 aromatic heterocycles. The van der Waals surface area contributed by atoms with Gasteiger partial charge >= 0.3 is 0 Å². The predicted octanol–water partition coefficient (Wildman–Crippen LogP) is 5.08. The quantitative estimate of drug-likeness (QED) is 0.300. The van der Waals surface area contributed by atoms with Gasteiger partial charge in [0, 0.05) is 23.6 Å². The van der Waals surface area contributed by atoms with Crippen molar-refractivity contribution in [2.45, 2.75) is 51.1 Å². The molecule has 1 aromatic carbocycles. The molecule has 4 rings (SSSR count). The standard InChI is InChI=1S/C23H26N2O2S2/c1-4-11-25-22(26)20-17-13-18(15(2)3)27-14-19(17)29-21(20)24-23(25)28-12-10-16-8-6-5-7-9-16/h4-9,15,18H,1,10-14H2,2-3H3/t18-/m1/s1. The number of aromatic nitrogens is 2. The van der Waals surface area contributed by atoms with Crippen LogP contribution >= 0.6 is 23.1 Å². The van der Waals surface area contributed by atoms with Crippen molar-refractivity contribution in [3.63, 3.8) is 0 Å². The Morgan fingerprint density at radius 1 is 1.38 bits per heavy atom. The zero-order chi connectivity index (χ0) is 20.4. The number of hydrogen-bond acceptors (Lipinski definition) is 5. The van der Waals surface area contributed by atoms with Crippen molar-refractivity contribution in [1.29, 1.82) is 0 Å². The fraction of sp³-hybridized carbons (Fsp3) is 0.391. The summed E-state index contributed by atoms with van der Waals surface area (Å²) in [7, 11) is 0. The van der Waals surface area contributed by atoms with Gasteiger partial charge in [0.25, 0.3) is 5.56 Å². The second-order valence-corrected chi connectivity index (χ2v) is 9.81. The molecule has 152 valence electrons. The minimum absolute atomic E-state index is 0.0546. The van der Waals surface area contributed by atoms with Crippen LogP contribution in [0.25, 0.3) is 10.2 Å². The number of fused-ring (bicyclic) bond motifs is 3. The molecule has 3 aromatic rings. The molecule has 0 saturated carbocycles. The van der Waals surface area contributed by atoms with Crippen LogP contribution in [0.5, 0.6) is 0 Å². The van der Waals surface area contributed by atoms with Crippen LogP contribution in [0, 0.1) is 5.92 Å². The molecule has 0 unspecified atom stereocenters. The van der Waals surface area contributed by atoms with E-state index in [1.165, 1.54) is 5.56 Å². The summed E-state index contributed by atoms with van der Waals surface area (Å²) >= 11 is 3.25. The van der Waals surface area contributed by atoms with Gasteiger partial charge in [-0.25, -0.2) is 4.98 Å². The maximum atomic E-state index is 13.4. The van der Waals surface area contributed by atoms with E-state index in [2.05, 4.69) is 44.7 Å². The van der Waals surface area contributed by atoms with Crippen molar-refractivity contribution in [2.75, 3.05) is 5.75 Å². The Bertz CT molecular complexity index is 1070. The zero-order valence-electron chi connectivity index (χ0n) is 16.9. The van der Waals surface area contributed by atoms with Crippen LogP contribution in [-0.4, -0.2) is 21.4 Å². The number of benzene rings is 1. The van der Waals surface area contributed by atoms with E-state index in [1.54, 1.807) is 33.7 Å². The Kier molecular flexibility index (Phi) is 6.23. The molecule has 0 amide bonds. The smallest absolute Gasteiger partial charge is 0.263 e. The van der Waals surface area contributed by atoms with Crippen molar-refractivity contribution in [3.8, 4) is 0 Å². The Balaban J connectivity index is 1.67. The van der Waals surface area contributed by atoms with Gasteiger partial charge in [-0.15, -0.1) is 17.9 Å². The number of rotatable bonds is 7. The van der Waals surface area contributed by atoms with Gasteiger partial charge in [-0.2, -0.15) is 0 Å². The summed E-state index contributed by atoms with van der Waals surface area (Å²) in [5.74, 6) is 1.30. The Labute approximate surface area is 179 Å². The lowest BCUT2D eigenvalue weighted by Crippen LogP contribution is -2.28. The van der Waals surface area contributed by atoms with Crippen LogP contribution in [0.3, 0.4) is 0 Å². The number of allylic oxidation sites excluding steroid dienone is 1. The molecule has 3 heterocycles. The van der Waals surface area contributed by atoms with Gasteiger partial charge in [0.05, 0.1) is 18.1 Å². The Morgan fingerprint density at radius 2 is 2.17 bits per heavy atom. The first-order valence-electron chi connectivity index (χ1n) is 10.0. The number of thiophene rings is 1. The molecule has 0 radical (unpaired) electrons. The number of thioether (sulfide) groups is 1. The van der Waals surface area contributed by atoms with Crippen LogP contribution in [-0.2, 0) is 30.7 Å². The van der Waals surface area contributed by atoms with Crippen molar-refractivity contribution >= 4 is 33.3 Å². The van der Waals surface area contributed by atoms with Crippen molar-refractivity contribution in [3.05, 3.63) is 69.3 Å². The van der Waals surface area contributed by atoms with E-state index in [1.807, 2.05) is 6.07 Å². The molecular weight excluding hydrogens is 400 g/mol. The van der Waals surface area contributed by atoms with Crippen molar-refractivity contribution < 1.29 is 4.74 Å². The number of ether oxygens (including phenoxy) is 1. The molecule has 29 heavy (non-hydrogen) atoms. The van der Waals surface area contributed by atoms with Crippen LogP contribution < -0.4 is 5.56 Å². The van der Waals surface area contributed by atoms with E-state index in [9.17, 15) is 4.79 Å². The second kappa shape index (κ2) is 8.86. The molecular formula is C23H26N2O2S2. The third-order valence-corrected chi connectivity index (χ3v) is 7.39. The van der Waals surface area contributed by atoms with Crippen molar-refractivity contribution in [1.82, 2.24) is 9.55 Å². The SMILES string of the molecule is C=CCn1c(SCCc2ccccc2)nc2sc3c(c2c1=O)C[C@H](C(C)C)OC3. The van der Waals surface area contributed by atoms with Gasteiger partial charge in [-0.3, -0.25) is 9.36 Å². The normalized spacial score (nSPS) is 16.3. The second-order valence-electron chi connectivity index (χ2n) is 7.66. The van der Waals surface area contributed by atoms with E-state index in [0.717, 1.165) is 44.4 Å². The monoisotopic (exact) mass is 426 g/mol. The minimum Gasteiger partial charge on any atom is -0.372 e. The summed E-state index contributed by atoms with van der Waals surface area (Å²) in [5, 5.41) is 1.56. The molecule has 1 atom stereocenters. The largest absolute Gasteiger partial charge is 0.372 e. The van der Waals surface area contributed by atoms with Gasteiger partial charge in [0.2, 0.25) is 0 Å². The highest BCUT2D eigenvalue weighted by Crippen LogP contribution is 2.35. The van der Waals surface area contributed by atoms with E-state index in [-0.39, 0.29) is 11.7 Å². The highest BCUT2D eigenvalue weighted by molar-refractivity contribution is 7.99. The van der Waals surface area contributed by atoms with Crippen LogP contribution in [0.2, 0.25) is 0 Å². The summed E-state index contributed by atoms with van der Waals surface area (Å²) in [6.45, 7) is 9.23. The minimum atomic E-state index is 0.0546. The average Bonchev–Trinajstić information content (AvgIpc) is 3.09. The molecule has 0 fully saturated rings. The highest BCUT2D eigenvalue weighted by Gasteiger charge is 2.28. The van der Waals surface area contributed by atoms with Gasteiger partial charge in [0.15, 0.2) is 5.16 Å². The molecule has 0 bridgehead atoms. The topological polar surface area (TPSA) is 44.1 Å². The van der Waals surface area contributed by atoms with Crippen LogP contribution in [0.15, 0.2) is 52.9 Å². The molecule has 4 nitrogen and oxygen atoms in total. The fourth-order valence-electron chi connectivity index (χ4n) is 3.67. The third-order valence-electron chi connectivity index (χ3n) is 5.31. The first-order chi connectivity index (χ1) is 14.1. The fourth-order valence-corrected chi connectivity index (χ4v) is 5.84. The first-order valence-corrected chi connectivity index (χ1v) is 11.8. The molecule has 6 heteroatoms. The Morgan fingerprint density at radius 3 is 2.90 bits per heavy atom. The van der Waals surface area contributed by atoms with Crippen LogP contribution in [0.1, 0.15) is 29.9 Å².